The molecule has 0 saturated carbocycles. The van der Waals surface area contributed by atoms with Gasteiger partial charge in [0.05, 0.1) is 0 Å². The smallest absolute Gasteiger partial charge is 0.164 e. The largest absolute Gasteiger partial charge is 0.208 e. The zero-order valence-electron chi connectivity index (χ0n) is 23.4. The summed E-state index contributed by atoms with van der Waals surface area (Å²) in [7, 11) is 0. The van der Waals surface area contributed by atoms with Crippen molar-refractivity contribution in [2.45, 2.75) is 0 Å². The minimum Gasteiger partial charge on any atom is -0.208 e. The van der Waals surface area contributed by atoms with Gasteiger partial charge < -0.3 is 0 Å². The Kier molecular flexibility index (Phi) is 5.86. The number of benzene rings is 6. The summed E-state index contributed by atoms with van der Waals surface area (Å²) in [5.74, 6) is 2.02. The van der Waals surface area contributed by atoms with E-state index in [1.165, 1.54) is 51.5 Å². The molecule has 0 N–H and O–H groups in total. The van der Waals surface area contributed by atoms with Crippen molar-refractivity contribution in [2.75, 3.05) is 0 Å². The van der Waals surface area contributed by atoms with Crippen LogP contribution in [-0.2, 0) is 0 Å². The number of hydrogen-bond acceptors (Lipinski definition) is 5. The van der Waals surface area contributed by atoms with E-state index < -0.39 is 0 Å². The summed E-state index contributed by atoms with van der Waals surface area (Å²) in [6.07, 6.45) is 0. The molecule has 0 aliphatic rings. The minimum atomic E-state index is 0.671. The van der Waals surface area contributed by atoms with Gasteiger partial charge in [-0.3, -0.25) is 0 Å². The summed E-state index contributed by atoms with van der Waals surface area (Å²) in [5, 5.41) is 5.01. The number of nitrogens with zero attached hydrogens (tertiary/aromatic N) is 3. The number of rotatable bonds is 4. The van der Waals surface area contributed by atoms with E-state index >= 15 is 0 Å². The van der Waals surface area contributed by atoms with E-state index in [0.717, 1.165) is 16.7 Å². The number of hydrogen-bond donors (Lipinski definition) is 0. The zero-order valence-corrected chi connectivity index (χ0v) is 25.1. The van der Waals surface area contributed by atoms with Gasteiger partial charge in [0.15, 0.2) is 17.5 Å². The fraction of sp³-hybridized carbons (Fsp3) is 0. The van der Waals surface area contributed by atoms with Crippen molar-refractivity contribution in [1.29, 1.82) is 0 Å². The predicted molar refractivity (Wildman–Crippen MR) is 187 cm³/mol. The van der Waals surface area contributed by atoms with Gasteiger partial charge >= 0.3 is 0 Å². The Morgan fingerprint density at radius 1 is 0.295 bits per heavy atom. The Labute approximate surface area is 261 Å². The second-order valence-corrected chi connectivity index (χ2v) is 13.0. The van der Waals surface area contributed by atoms with Crippen molar-refractivity contribution in [3.8, 4) is 45.3 Å². The molecule has 5 heteroatoms. The van der Waals surface area contributed by atoms with Crippen molar-refractivity contribution in [2.24, 2.45) is 0 Å². The average molecular weight is 598 g/mol. The molecule has 0 unspecified atom stereocenters. The van der Waals surface area contributed by atoms with Crippen molar-refractivity contribution in [1.82, 2.24) is 15.0 Å². The first kappa shape index (κ1) is 25.3. The van der Waals surface area contributed by atoms with Gasteiger partial charge in [0.25, 0.3) is 0 Å². The first-order valence-corrected chi connectivity index (χ1v) is 16.2. The van der Waals surface area contributed by atoms with Crippen LogP contribution in [0.25, 0.3) is 85.6 Å². The highest BCUT2D eigenvalue weighted by molar-refractivity contribution is 7.26. The third kappa shape index (κ3) is 4.29. The second kappa shape index (κ2) is 10.2. The molecular weight excluding hydrogens is 575 g/mol. The van der Waals surface area contributed by atoms with Crippen LogP contribution in [0.15, 0.2) is 140 Å². The second-order valence-electron chi connectivity index (χ2n) is 10.9. The van der Waals surface area contributed by atoms with Gasteiger partial charge in [-0.1, -0.05) is 97.1 Å². The average Bonchev–Trinajstić information content (AvgIpc) is 3.66. The topological polar surface area (TPSA) is 38.7 Å². The van der Waals surface area contributed by atoms with Gasteiger partial charge in [0.1, 0.15) is 0 Å². The lowest BCUT2D eigenvalue weighted by molar-refractivity contribution is 1.08. The Morgan fingerprint density at radius 2 is 0.773 bits per heavy atom. The summed E-state index contributed by atoms with van der Waals surface area (Å²) in [5.41, 5.74) is 5.39. The molecule has 0 bridgehead atoms. The van der Waals surface area contributed by atoms with Crippen LogP contribution in [-0.4, -0.2) is 15.0 Å². The fourth-order valence-corrected chi connectivity index (χ4v) is 8.15. The highest BCUT2D eigenvalue weighted by Gasteiger charge is 2.15. The van der Waals surface area contributed by atoms with Gasteiger partial charge in [0.2, 0.25) is 0 Å². The molecule has 0 aliphatic carbocycles. The van der Waals surface area contributed by atoms with E-state index in [1.807, 2.05) is 40.9 Å². The first-order chi connectivity index (χ1) is 21.8. The first-order valence-electron chi connectivity index (χ1n) is 14.5. The molecule has 6 aromatic carbocycles. The highest BCUT2D eigenvalue weighted by Crippen LogP contribution is 2.39. The standard InChI is InChI=1S/C39H23N3S2/c1-3-9-24(10-4-1)26-16-19-35-31(21-26)30-18-15-28(23-36(30)44-35)39-41-37(25-11-5-2-6-12-25)40-38(42-39)27-17-20-34-32(22-27)29-13-7-8-14-33(29)43-34/h1-23H. The molecule has 9 aromatic rings. The molecule has 3 heterocycles. The van der Waals surface area contributed by atoms with Crippen LogP contribution in [0.3, 0.4) is 0 Å². The van der Waals surface area contributed by atoms with Crippen LogP contribution in [0.4, 0.5) is 0 Å². The van der Waals surface area contributed by atoms with Crippen LogP contribution in [0.1, 0.15) is 0 Å². The minimum absolute atomic E-state index is 0.671. The SMILES string of the molecule is c1ccc(-c2ccc3sc4cc(-c5nc(-c6ccccc6)nc(-c6ccc7sc8ccccc8c7c6)n5)ccc4c3c2)cc1. The van der Waals surface area contributed by atoms with E-state index in [-0.39, 0.29) is 0 Å². The van der Waals surface area contributed by atoms with Gasteiger partial charge in [-0.15, -0.1) is 22.7 Å². The summed E-state index contributed by atoms with van der Waals surface area (Å²) >= 11 is 3.62. The molecule has 0 aliphatic heterocycles. The van der Waals surface area contributed by atoms with Crippen LogP contribution in [0.2, 0.25) is 0 Å². The zero-order chi connectivity index (χ0) is 29.0. The van der Waals surface area contributed by atoms with Gasteiger partial charge in [0, 0.05) is 57.0 Å². The molecule has 206 valence electrons. The van der Waals surface area contributed by atoms with E-state index in [9.17, 15) is 0 Å². The third-order valence-corrected chi connectivity index (χ3v) is 10.4. The predicted octanol–water partition coefficient (Wildman–Crippen LogP) is 11.3. The van der Waals surface area contributed by atoms with Gasteiger partial charge in [-0.25, -0.2) is 15.0 Å². The third-order valence-electron chi connectivity index (χ3n) is 8.14. The molecule has 0 amide bonds. The lowest BCUT2D eigenvalue weighted by Crippen LogP contribution is -2.00. The lowest BCUT2D eigenvalue weighted by atomic mass is 10.0. The number of fused-ring (bicyclic) bond motifs is 6. The summed E-state index contributed by atoms with van der Waals surface area (Å²) < 4.78 is 5.04. The maximum atomic E-state index is 5.07. The van der Waals surface area contributed by atoms with Gasteiger partial charge in [-0.2, -0.15) is 0 Å². The number of aromatic nitrogens is 3. The summed E-state index contributed by atoms with van der Waals surface area (Å²) in [4.78, 5) is 15.1. The van der Waals surface area contributed by atoms with Crippen molar-refractivity contribution in [3.63, 3.8) is 0 Å². The maximum absolute atomic E-state index is 5.07. The molecule has 3 aromatic heterocycles. The Balaban J connectivity index is 1.20. The van der Waals surface area contributed by atoms with Crippen LogP contribution >= 0.6 is 22.7 Å². The normalized spacial score (nSPS) is 11.6. The highest BCUT2D eigenvalue weighted by atomic mass is 32.1. The maximum Gasteiger partial charge on any atom is 0.164 e. The summed E-state index contributed by atoms with van der Waals surface area (Å²) in [6, 6.07) is 49.2. The van der Waals surface area contributed by atoms with E-state index in [0.29, 0.717) is 17.5 Å². The molecule has 44 heavy (non-hydrogen) atoms. The lowest BCUT2D eigenvalue weighted by Gasteiger charge is -2.09. The monoisotopic (exact) mass is 597 g/mol. The van der Waals surface area contributed by atoms with Crippen LogP contribution in [0.5, 0.6) is 0 Å². The van der Waals surface area contributed by atoms with Gasteiger partial charge in [-0.05, 0) is 53.6 Å². The van der Waals surface area contributed by atoms with Crippen molar-refractivity contribution < 1.29 is 0 Å². The molecule has 0 atom stereocenters. The van der Waals surface area contributed by atoms with Crippen LogP contribution in [0, 0.1) is 0 Å². The van der Waals surface area contributed by atoms with Crippen molar-refractivity contribution >= 4 is 63.0 Å². The van der Waals surface area contributed by atoms with E-state index in [1.54, 1.807) is 0 Å². The number of thiophene rings is 2. The van der Waals surface area contributed by atoms with E-state index in [2.05, 4.69) is 121 Å². The molecule has 0 radical (unpaired) electrons. The molecular formula is C39H23N3S2. The van der Waals surface area contributed by atoms with E-state index in [4.69, 9.17) is 15.0 Å². The Bertz CT molecular complexity index is 2500. The molecule has 0 fully saturated rings. The molecule has 0 spiro atoms. The molecule has 0 saturated heterocycles. The Morgan fingerprint density at radius 3 is 1.50 bits per heavy atom. The fourth-order valence-electron chi connectivity index (χ4n) is 5.94. The quantitative estimate of drug-likeness (QED) is 0.203. The summed E-state index contributed by atoms with van der Waals surface area (Å²) in [6.45, 7) is 0. The Hall–Kier alpha value is -5.23. The van der Waals surface area contributed by atoms with Crippen molar-refractivity contribution in [3.05, 3.63) is 140 Å². The molecule has 3 nitrogen and oxygen atoms in total. The van der Waals surface area contributed by atoms with Crippen LogP contribution < -0.4 is 0 Å². The molecule has 9 rings (SSSR count).